The van der Waals surface area contributed by atoms with E-state index in [2.05, 4.69) is 0 Å². The normalized spacial score (nSPS) is 12.8. The zero-order chi connectivity index (χ0) is 11.7. The molecule has 2 nitrogen and oxygen atoms in total. The van der Waals surface area contributed by atoms with E-state index < -0.39 is 11.9 Å². The first-order chi connectivity index (χ1) is 7.59. The molecule has 0 saturated heterocycles. The highest BCUT2D eigenvalue weighted by molar-refractivity contribution is 6.29. The Labute approximate surface area is 97.3 Å². The molecule has 1 atom stereocenters. The highest BCUT2D eigenvalue weighted by atomic mass is 35.5. The van der Waals surface area contributed by atoms with Gasteiger partial charge in [-0.2, -0.15) is 0 Å². The average molecular weight is 241 g/mol. The standard InChI is InChI=1S/C12H10ClFO2/c1-7-2-3-10(14)9(6-7)11(15)8-4-5-16-12(8)13/h2-6,11,15H,1H3. The second-order valence-electron chi connectivity index (χ2n) is 3.58. The number of benzene rings is 1. The molecule has 0 bridgehead atoms. The second kappa shape index (κ2) is 4.28. The van der Waals surface area contributed by atoms with E-state index in [1.54, 1.807) is 12.1 Å². The first-order valence-electron chi connectivity index (χ1n) is 4.76. The molecule has 0 saturated carbocycles. The summed E-state index contributed by atoms with van der Waals surface area (Å²) < 4.78 is 18.4. The number of hydrogen-bond donors (Lipinski definition) is 1. The second-order valence-corrected chi connectivity index (χ2v) is 3.92. The Bertz CT molecular complexity index is 507. The number of aliphatic hydroxyl groups excluding tert-OH is 1. The van der Waals surface area contributed by atoms with Gasteiger partial charge in [0.05, 0.1) is 6.26 Å². The van der Waals surface area contributed by atoms with Gasteiger partial charge in [0.1, 0.15) is 11.9 Å². The third-order valence-electron chi connectivity index (χ3n) is 2.39. The van der Waals surface area contributed by atoms with Crippen molar-refractivity contribution in [1.82, 2.24) is 0 Å². The molecule has 1 aromatic heterocycles. The highest BCUT2D eigenvalue weighted by Gasteiger charge is 2.19. The zero-order valence-corrected chi connectivity index (χ0v) is 9.33. The van der Waals surface area contributed by atoms with Crippen LogP contribution in [0, 0.1) is 12.7 Å². The van der Waals surface area contributed by atoms with Crippen molar-refractivity contribution >= 4 is 11.6 Å². The fourth-order valence-electron chi connectivity index (χ4n) is 1.54. The van der Waals surface area contributed by atoms with Crippen molar-refractivity contribution in [2.24, 2.45) is 0 Å². The van der Waals surface area contributed by atoms with Gasteiger partial charge in [0, 0.05) is 11.1 Å². The van der Waals surface area contributed by atoms with Crippen molar-refractivity contribution in [3.63, 3.8) is 0 Å². The highest BCUT2D eigenvalue weighted by Crippen LogP contribution is 2.30. The van der Waals surface area contributed by atoms with E-state index in [9.17, 15) is 9.50 Å². The summed E-state index contributed by atoms with van der Waals surface area (Å²) in [6, 6.07) is 6.07. The van der Waals surface area contributed by atoms with Crippen molar-refractivity contribution in [1.29, 1.82) is 0 Å². The van der Waals surface area contributed by atoms with Crippen LogP contribution in [0.1, 0.15) is 22.8 Å². The van der Waals surface area contributed by atoms with Crippen molar-refractivity contribution in [3.8, 4) is 0 Å². The van der Waals surface area contributed by atoms with E-state index in [1.165, 1.54) is 18.4 Å². The number of hydrogen-bond acceptors (Lipinski definition) is 2. The summed E-state index contributed by atoms with van der Waals surface area (Å²) in [6.45, 7) is 1.83. The number of furan rings is 1. The molecule has 0 radical (unpaired) electrons. The fraction of sp³-hybridized carbons (Fsp3) is 0.167. The smallest absolute Gasteiger partial charge is 0.199 e. The molecule has 0 amide bonds. The Morgan fingerprint density at radius 2 is 2.06 bits per heavy atom. The molecule has 16 heavy (non-hydrogen) atoms. The van der Waals surface area contributed by atoms with Gasteiger partial charge in [-0.05, 0) is 30.7 Å². The van der Waals surface area contributed by atoms with Gasteiger partial charge in [0.15, 0.2) is 5.22 Å². The van der Waals surface area contributed by atoms with Gasteiger partial charge in [0.2, 0.25) is 0 Å². The minimum atomic E-state index is -1.11. The lowest BCUT2D eigenvalue weighted by molar-refractivity contribution is 0.214. The Morgan fingerprint density at radius 3 is 2.69 bits per heavy atom. The molecule has 0 aliphatic rings. The third-order valence-corrected chi connectivity index (χ3v) is 2.69. The maximum atomic E-state index is 13.5. The molecule has 0 aliphatic heterocycles. The summed E-state index contributed by atoms with van der Waals surface area (Å²) in [5, 5.41) is 10.1. The van der Waals surface area contributed by atoms with Crippen LogP contribution in [0.3, 0.4) is 0 Å². The number of halogens is 2. The van der Waals surface area contributed by atoms with Gasteiger partial charge in [-0.15, -0.1) is 0 Å². The van der Waals surface area contributed by atoms with Crippen LogP contribution in [-0.4, -0.2) is 5.11 Å². The predicted octanol–water partition coefficient (Wildman–Crippen LogP) is 3.46. The van der Waals surface area contributed by atoms with Crippen LogP contribution in [0.4, 0.5) is 4.39 Å². The summed E-state index contributed by atoms with van der Waals surface area (Å²) in [5.74, 6) is -0.463. The van der Waals surface area contributed by atoms with Crippen LogP contribution in [0.15, 0.2) is 34.9 Å². The summed E-state index contributed by atoms with van der Waals surface area (Å²) in [7, 11) is 0. The molecular weight excluding hydrogens is 231 g/mol. The topological polar surface area (TPSA) is 33.4 Å². The van der Waals surface area contributed by atoms with Gasteiger partial charge in [-0.1, -0.05) is 17.7 Å². The fourth-order valence-corrected chi connectivity index (χ4v) is 1.76. The molecule has 2 rings (SSSR count). The summed E-state index contributed by atoms with van der Waals surface area (Å²) in [6.07, 6.45) is 0.250. The summed E-state index contributed by atoms with van der Waals surface area (Å²) in [5.41, 5.74) is 1.43. The lowest BCUT2D eigenvalue weighted by Crippen LogP contribution is -2.02. The van der Waals surface area contributed by atoms with E-state index in [4.69, 9.17) is 16.0 Å². The van der Waals surface area contributed by atoms with Crippen molar-refractivity contribution in [3.05, 3.63) is 58.3 Å². The molecule has 0 aliphatic carbocycles. The lowest BCUT2D eigenvalue weighted by Gasteiger charge is -2.11. The van der Waals surface area contributed by atoms with Gasteiger partial charge >= 0.3 is 0 Å². The van der Waals surface area contributed by atoms with Crippen LogP contribution < -0.4 is 0 Å². The van der Waals surface area contributed by atoms with Gasteiger partial charge in [-0.25, -0.2) is 4.39 Å². The lowest BCUT2D eigenvalue weighted by atomic mass is 10.0. The molecule has 0 spiro atoms. The van der Waals surface area contributed by atoms with E-state index in [0.717, 1.165) is 5.56 Å². The third kappa shape index (κ3) is 1.96. The monoisotopic (exact) mass is 240 g/mol. The first kappa shape index (κ1) is 11.2. The molecule has 4 heteroatoms. The van der Waals surface area contributed by atoms with E-state index in [1.807, 2.05) is 6.92 Å². The van der Waals surface area contributed by atoms with Crippen LogP contribution in [0.5, 0.6) is 0 Å². The molecule has 1 heterocycles. The Hall–Kier alpha value is -1.32. The zero-order valence-electron chi connectivity index (χ0n) is 8.58. The summed E-state index contributed by atoms with van der Waals surface area (Å²) >= 11 is 5.73. The van der Waals surface area contributed by atoms with E-state index in [-0.39, 0.29) is 10.8 Å². The Kier molecular flexibility index (Phi) is 2.99. The molecular formula is C12H10ClFO2. The van der Waals surface area contributed by atoms with Crippen LogP contribution >= 0.6 is 11.6 Å². The SMILES string of the molecule is Cc1ccc(F)c(C(O)c2ccoc2Cl)c1. The first-order valence-corrected chi connectivity index (χ1v) is 5.14. The van der Waals surface area contributed by atoms with Crippen LogP contribution in [0.2, 0.25) is 5.22 Å². The van der Waals surface area contributed by atoms with Crippen molar-refractivity contribution in [2.45, 2.75) is 13.0 Å². The number of rotatable bonds is 2. The van der Waals surface area contributed by atoms with Gasteiger partial charge < -0.3 is 9.52 Å². The minimum absolute atomic E-state index is 0.0772. The Morgan fingerprint density at radius 1 is 1.31 bits per heavy atom. The maximum Gasteiger partial charge on any atom is 0.199 e. The molecule has 84 valence electrons. The maximum absolute atomic E-state index is 13.5. The van der Waals surface area contributed by atoms with Gasteiger partial charge in [-0.3, -0.25) is 0 Å². The molecule has 0 fully saturated rings. The molecule has 1 N–H and O–H groups in total. The van der Waals surface area contributed by atoms with E-state index in [0.29, 0.717) is 5.56 Å². The summed E-state index contributed by atoms with van der Waals surface area (Å²) in [4.78, 5) is 0. The molecule has 1 unspecified atom stereocenters. The van der Waals surface area contributed by atoms with E-state index >= 15 is 0 Å². The van der Waals surface area contributed by atoms with Crippen LogP contribution in [-0.2, 0) is 0 Å². The molecule has 1 aromatic carbocycles. The largest absolute Gasteiger partial charge is 0.453 e. The average Bonchev–Trinajstić information content (AvgIpc) is 2.67. The van der Waals surface area contributed by atoms with Crippen molar-refractivity contribution < 1.29 is 13.9 Å². The minimum Gasteiger partial charge on any atom is -0.453 e. The quantitative estimate of drug-likeness (QED) is 0.872. The van der Waals surface area contributed by atoms with Gasteiger partial charge in [0.25, 0.3) is 0 Å². The van der Waals surface area contributed by atoms with Crippen LogP contribution in [0.25, 0.3) is 0 Å². The number of aryl methyl sites for hydroxylation is 1. The molecule has 2 aromatic rings. The van der Waals surface area contributed by atoms with Crippen molar-refractivity contribution in [2.75, 3.05) is 0 Å². The predicted molar refractivity (Wildman–Crippen MR) is 58.9 cm³/mol. The Balaban J connectivity index is 2.45. The number of aliphatic hydroxyl groups is 1.